The van der Waals surface area contributed by atoms with Gasteiger partial charge in [0.25, 0.3) is 0 Å². The van der Waals surface area contributed by atoms with Crippen molar-refractivity contribution in [3.8, 4) is 6.07 Å². The normalized spacial score (nSPS) is 13.3. The van der Waals surface area contributed by atoms with Gasteiger partial charge in [0.15, 0.2) is 4.34 Å². The molecule has 0 bridgehead atoms. The van der Waals surface area contributed by atoms with Crippen molar-refractivity contribution in [2.45, 2.75) is 29.6 Å². The first-order valence-electron chi connectivity index (χ1n) is 7.21. The Morgan fingerprint density at radius 3 is 2.83 bits per heavy atom. The van der Waals surface area contributed by atoms with E-state index in [9.17, 15) is 4.79 Å². The van der Waals surface area contributed by atoms with Crippen LogP contribution in [0.4, 0.5) is 10.8 Å². The third-order valence-electron chi connectivity index (χ3n) is 3.16. The molecule has 0 saturated heterocycles. The van der Waals surface area contributed by atoms with Gasteiger partial charge in [-0.05, 0) is 30.5 Å². The van der Waals surface area contributed by atoms with Crippen LogP contribution < -0.4 is 10.6 Å². The van der Waals surface area contributed by atoms with Gasteiger partial charge in [0, 0.05) is 11.7 Å². The molecule has 8 heteroatoms. The lowest BCUT2D eigenvalue weighted by Crippen LogP contribution is -2.13. The number of nitriles is 1. The first-order chi connectivity index (χ1) is 11.2. The number of aromatic nitrogens is 2. The van der Waals surface area contributed by atoms with Crippen molar-refractivity contribution in [3.05, 3.63) is 29.8 Å². The van der Waals surface area contributed by atoms with Gasteiger partial charge >= 0.3 is 0 Å². The lowest BCUT2D eigenvalue weighted by Gasteiger charge is -2.04. The van der Waals surface area contributed by atoms with E-state index in [0.717, 1.165) is 20.7 Å². The van der Waals surface area contributed by atoms with Crippen molar-refractivity contribution in [2.75, 3.05) is 16.4 Å². The van der Waals surface area contributed by atoms with E-state index in [0.29, 0.717) is 12.5 Å². The molecule has 2 N–H and O–H groups in total. The minimum absolute atomic E-state index is 0.0880. The Bertz CT molecular complexity index is 718. The third kappa shape index (κ3) is 4.94. The third-order valence-corrected chi connectivity index (χ3v) is 5.15. The molecule has 118 valence electrons. The van der Waals surface area contributed by atoms with Crippen LogP contribution >= 0.6 is 23.1 Å². The van der Waals surface area contributed by atoms with E-state index in [2.05, 4.69) is 26.9 Å². The molecule has 23 heavy (non-hydrogen) atoms. The summed E-state index contributed by atoms with van der Waals surface area (Å²) < 4.78 is 0.785. The van der Waals surface area contributed by atoms with E-state index in [1.165, 1.54) is 35.9 Å². The number of anilines is 2. The van der Waals surface area contributed by atoms with Gasteiger partial charge in [-0.1, -0.05) is 35.2 Å². The van der Waals surface area contributed by atoms with Gasteiger partial charge in [0.2, 0.25) is 11.0 Å². The fraction of sp³-hybridized carbons (Fsp3) is 0.333. The monoisotopic (exact) mass is 345 g/mol. The molecule has 1 fully saturated rings. The van der Waals surface area contributed by atoms with Crippen LogP contribution in [0.1, 0.15) is 18.4 Å². The minimum atomic E-state index is -0.0880. The van der Waals surface area contributed by atoms with E-state index in [1.54, 1.807) is 12.1 Å². The van der Waals surface area contributed by atoms with Crippen LogP contribution in [-0.2, 0) is 11.2 Å². The van der Waals surface area contributed by atoms with Crippen molar-refractivity contribution in [1.29, 1.82) is 5.26 Å². The highest BCUT2D eigenvalue weighted by Gasteiger charge is 2.22. The molecule has 1 aliphatic rings. The number of benzene rings is 1. The first-order valence-corrected chi connectivity index (χ1v) is 9.02. The second-order valence-corrected chi connectivity index (χ2v) is 7.36. The number of carbonyl (C=O) groups excluding carboxylic acids is 1. The topological polar surface area (TPSA) is 90.7 Å². The zero-order chi connectivity index (χ0) is 16.1. The maximum atomic E-state index is 11.9. The van der Waals surface area contributed by atoms with Crippen molar-refractivity contribution in [3.63, 3.8) is 0 Å². The molecule has 0 unspecified atom stereocenters. The Morgan fingerprint density at radius 1 is 1.35 bits per heavy atom. The van der Waals surface area contributed by atoms with Crippen LogP contribution in [0.5, 0.6) is 0 Å². The Hall–Kier alpha value is -2.11. The molecule has 1 saturated carbocycles. The molecule has 0 aliphatic heterocycles. The van der Waals surface area contributed by atoms with Gasteiger partial charge in [0.05, 0.1) is 18.2 Å². The maximum absolute atomic E-state index is 11.9. The summed E-state index contributed by atoms with van der Waals surface area (Å²) in [5.74, 6) is 0.202. The average molecular weight is 345 g/mol. The van der Waals surface area contributed by atoms with Crippen LogP contribution in [0.3, 0.4) is 0 Å². The molecule has 1 aromatic carbocycles. The highest BCUT2D eigenvalue weighted by atomic mass is 32.2. The first kappa shape index (κ1) is 15.8. The quantitative estimate of drug-likeness (QED) is 0.750. The number of rotatable bonds is 7. The highest BCUT2D eigenvalue weighted by Crippen LogP contribution is 2.30. The molecule has 1 amide bonds. The number of nitrogens with zero attached hydrogens (tertiary/aromatic N) is 3. The maximum Gasteiger partial charge on any atom is 0.234 e. The van der Waals surface area contributed by atoms with Gasteiger partial charge in [-0.15, -0.1) is 10.2 Å². The summed E-state index contributed by atoms with van der Waals surface area (Å²) >= 11 is 2.85. The number of thioether (sulfide) groups is 1. The van der Waals surface area contributed by atoms with Crippen LogP contribution in [-0.4, -0.2) is 27.9 Å². The Kier molecular flexibility index (Phi) is 5.10. The largest absolute Gasteiger partial charge is 0.357 e. The van der Waals surface area contributed by atoms with E-state index in [4.69, 9.17) is 5.26 Å². The van der Waals surface area contributed by atoms with Gasteiger partial charge in [0.1, 0.15) is 0 Å². The molecule has 2 aromatic rings. The van der Waals surface area contributed by atoms with Crippen molar-refractivity contribution in [1.82, 2.24) is 10.2 Å². The Morgan fingerprint density at radius 2 is 2.13 bits per heavy atom. The lowest BCUT2D eigenvalue weighted by molar-refractivity contribution is -0.113. The van der Waals surface area contributed by atoms with Crippen LogP contribution in [0.25, 0.3) is 0 Å². The minimum Gasteiger partial charge on any atom is -0.357 e. The Balaban J connectivity index is 1.45. The molecule has 1 aromatic heterocycles. The Labute approximate surface area is 142 Å². The number of carbonyl (C=O) groups is 1. The summed E-state index contributed by atoms with van der Waals surface area (Å²) in [6, 6.07) is 9.93. The van der Waals surface area contributed by atoms with Crippen molar-refractivity contribution in [2.24, 2.45) is 0 Å². The molecule has 0 spiro atoms. The summed E-state index contributed by atoms with van der Waals surface area (Å²) in [5.41, 5.74) is 1.66. The smallest absolute Gasteiger partial charge is 0.234 e. The molecule has 1 aliphatic carbocycles. The fourth-order valence-corrected chi connectivity index (χ4v) is 3.48. The van der Waals surface area contributed by atoms with E-state index >= 15 is 0 Å². The lowest BCUT2D eigenvalue weighted by atomic mass is 10.1. The predicted molar refractivity (Wildman–Crippen MR) is 91.7 cm³/mol. The molecule has 0 atom stereocenters. The van der Waals surface area contributed by atoms with Gasteiger partial charge < -0.3 is 10.6 Å². The SMILES string of the molecule is N#CCc1ccc(NC(=O)CSc2nnc(NC3CC3)s2)cc1. The van der Waals surface area contributed by atoms with Crippen LogP contribution in [0.15, 0.2) is 28.6 Å². The zero-order valence-electron chi connectivity index (χ0n) is 12.3. The van der Waals surface area contributed by atoms with E-state index in [1.807, 2.05) is 12.1 Å². The number of amides is 1. The van der Waals surface area contributed by atoms with Crippen molar-refractivity contribution >= 4 is 39.8 Å². The summed E-state index contributed by atoms with van der Waals surface area (Å²) in [7, 11) is 0. The zero-order valence-corrected chi connectivity index (χ0v) is 13.9. The van der Waals surface area contributed by atoms with Crippen LogP contribution in [0, 0.1) is 11.3 Å². The summed E-state index contributed by atoms with van der Waals surface area (Å²) in [4.78, 5) is 11.9. The fourth-order valence-electron chi connectivity index (χ4n) is 1.85. The summed E-state index contributed by atoms with van der Waals surface area (Å²) in [6.07, 6.45) is 2.76. The van der Waals surface area contributed by atoms with E-state index < -0.39 is 0 Å². The second kappa shape index (κ2) is 7.44. The summed E-state index contributed by atoms with van der Waals surface area (Å²) in [5, 5.41) is 23.7. The van der Waals surface area contributed by atoms with Crippen LogP contribution in [0.2, 0.25) is 0 Å². The molecule has 6 nitrogen and oxygen atoms in total. The number of hydrogen-bond donors (Lipinski definition) is 2. The molecule has 1 heterocycles. The van der Waals surface area contributed by atoms with Crippen molar-refractivity contribution < 1.29 is 4.79 Å². The second-order valence-electron chi connectivity index (χ2n) is 5.16. The van der Waals surface area contributed by atoms with Gasteiger partial charge in [-0.2, -0.15) is 5.26 Å². The predicted octanol–water partition coefficient (Wildman–Crippen LogP) is 2.91. The van der Waals surface area contributed by atoms with Gasteiger partial charge in [-0.25, -0.2) is 0 Å². The highest BCUT2D eigenvalue weighted by molar-refractivity contribution is 8.01. The summed E-state index contributed by atoms with van der Waals surface area (Å²) in [6.45, 7) is 0. The standard InChI is InChI=1S/C15H15N5OS2/c16-8-7-10-1-3-11(4-2-10)17-13(21)9-22-15-20-19-14(23-15)18-12-5-6-12/h1-4,12H,5-7,9H2,(H,17,21)(H,18,19). The molecule has 3 rings (SSSR count). The van der Waals surface area contributed by atoms with Gasteiger partial charge in [-0.3, -0.25) is 4.79 Å². The number of hydrogen-bond acceptors (Lipinski definition) is 7. The number of nitrogens with one attached hydrogen (secondary N) is 2. The molecular weight excluding hydrogens is 330 g/mol. The molecular formula is C15H15N5OS2. The molecule has 0 radical (unpaired) electrons. The average Bonchev–Trinajstić information content (AvgIpc) is 3.24. The van der Waals surface area contributed by atoms with E-state index in [-0.39, 0.29) is 11.7 Å².